The van der Waals surface area contributed by atoms with Crippen LogP contribution in [0.5, 0.6) is 0 Å². The van der Waals surface area contributed by atoms with Crippen molar-refractivity contribution in [3.63, 3.8) is 0 Å². The van der Waals surface area contributed by atoms with Crippen LogP contribution < -0.4 is 0 Å². The fourth-order valence-corrected chi connectivity index (χ4v) is 1.25. The predicted octanol–water partition coefficient (Wildman–Crippen LogP) is 2.64. The van der Waals surface area contributed by atoms with Crippen LogP contribution in [0.25, 0.3) is 12.2 Å². The van der Waals surface area contributed by atoms with Gasteiger partial charge in [-0.05, 0) is 23.9 Å². The van der Waals surface area contributed by atoms with E-state index in [0.29, 0.717) is 4.77 Å². The van der Waals surface area contributed by atoms with E-state index in [4.69, 9.17) is 12.2 Å². The standard InChI is InChI=1S/C10H9N3S/c14-10-11-9(12-13-10)7-6-8-4-2-1-3-5-8/h1-7H,(H2,11,12,13,14)/b7-6+. The molecule has 14 heavy (non-hydrogen) atoms. The molecule has 0 fully saturated rings. The summed E-state index contributed by atoms with van der Waals surface area (Å²) in [6.07, 6.45) is 3.85. The number of hydrogen-bond donors (Lipinski definition) is 2. The highest BCUT2D eigenvalue weighted by molar-refractivity contribution is 7.71. The van der Waals surface area contributed by atoms with Gasteiger partial charge in [0.25, 0.3) is 0 Å². The lowest BCUT2D eigenvalue weighted by atomic mass is 10.2. The van der Waals surface area contributed by atoms with Crippen molar-refractivity contribution < 1.29 is 0 Å². The Hall–Kier alpha value is -1.68. The van der Waals surface area contributed by atoms with Crippen LogP contribution in [0, 0.1) is 4.77 Å². The molecule has 0 amide bonds. The Morgan fingerprint density at radius 1 is 1.07 bits per heavy atom. The van der Waals surface area contributed by atoms with Crippen molar-refractivity contribution in [2.45, 2.75) is 0 Å². The van der Waals surface area contributed by atoms with Gasteiger partial charge in [0, 0.05) is 0 Å². The molecule has 70 valence electrons. The van der Waals surface area contributed by atoms with Gasteiger partial charge in [0.15, 0.2) is 0 Å². The van der Waals surface area contributed by atoms with Gasteiger partial charge in [-0.3, -0.25) is 10.2 Å². The summed E-state index contributed by atoms with van der Waals surface area (Å²) in [6, 6.07) is 10.0. The van der Waals surface area contributed by atoms with E-state index in [1.807, 2.05) is 42.5 Å². The smallest absolute Gasteiger partial charge is 0.213 e. The van der Waals surface area contributed by atoms with Gasteiger partial charge in [0.2, 0.25) is 4.77 Å². The molecule has 3 nitrogen and oxygen atoms in total. The van der Waals surface area contributed by atoms with E-state index in [9.17, 15) is 0 Å². The van der Waals surface area contributed by atoms with Gasteiger partial charge in [-0.15, -0.1) is 0 Å². The second kappa shape index (κ2) is 4.02. The number of nitrogens with zero attached hydrogens (tertiary/aromatic N) is 1. The molecule has 0 atom stereocenters. The molecule has 0 saturated carbocycles. The zero-order chi connectivity index (χ0) is 9.80. The molecular formula is C10H9N3S. The topological polar surface area (TPSA) is 44.5 Å². The molecule has 0 aliphatic rings. The first-order chi connectivity index (χ1) is 6.84. The minimum Gasteiger partial charge on any atom is -0.282 e. The maximum absolute atomic E-state index is 4.83. The average Bonchev–Trinajstić information content (AvgIpc) is 2.63. The van der Waals surface area contributed by atoms with E-state index in [1.54, 1.807) is 0 Å². The zero-order valence-corrected chi connectivity index (χ0v) is 8.21. The maximum Gasteiger partial charge on any atom is 0.213 e. The van der Waals surface area contributed by atoms with Crippen LogP contribution in [0.2, 0.25) is 0 Å². The summed E-state index contributed by atoms with van der Waals surface area (Å²) in [5.74, 6) is 0.735. The molecule has 1 aromatic carbocycles. The van der Waals surface area contributed by atoms with Crippen LogP contribution in [0.4, 0.5) is 0 Å². The third-order valence-electron chi connectivity index (χ3n) is 1.75. The fourth-order valence-electron chi connectivity index (χ4n) is 1.10. The van der Waals surface area contributed by atoms with Gasteiger partial charge in [0.1, 0.15) is 5.82 Å². The largest absolute Gasteiger partial charge is 0.282 e. The Labute approximate surface area is 86.5 Å². The van der Waals surface area contributed by atoms with Gasteiger partial charge in [-0.2, -0.15) is 0 Å². The number of benzene rings is 1. The summed E-state index contributed by atoms with van der Waals surface area (Å²) in [6.45, 7) is 0. The Morgan fingerprint density at radius 3 is 2.50 bits per heavy atom. The summed E-state index contributed by atoms with van der Waals surface area (Å²) >= 11 is 4.83. The van der Waals surface area contributed by atoms with Crippen LogP contribution in [0.15, 0.2) is 30.3 Å². The van der Waals surface area contributed by atoms with Crippen molar-refractivity contribution in [3.05, 3.63) is 46.5 Å². The molecule has 1 heterocycles. The number of hydrogen-bond acceptors (Lipinski definition) is 2. The van der Waals surface area contributed by atoms with Crippen molar-refractivity contribution in [1.82, 2.24) is 15.2 Å². The molecule has 0 spiro atoms. The van der Waals surface area contributed by atoms with Crippen molar-refractivity contribution in [1.29, 1.82) is 0 Å². The maximum atomic E-state index is 4.83. The number of aromatic nitrogens is 3. The molecule has 0 unspecified atom stereocenters. The van der Waals surface area contributed by atoms with Gasteiger partial charge >= 0.3 is 0 Å². The van der Waals surface area contributed by atoms with Gasteiger partial charge in [0.05, 0.1) is 0 Å². The van der Waals surface area contributed by atoms with E-state index < -0.39 is 0 Å². The highest BCUT2D eigenvalue weighted by atomic mass is 32.1. The van der Waals surface area contributed by atoms with Crippen molar-refractivity contribution in [2.24, 2.45) is 0 Å². The zero-order valence-electron chi connectivity index (χ0n) is 7.40. The van der Waals surface area contributed by atoms with Crippen LogP contribution in [0.1, 0.15) is 11.4 Å². The third kappa shape index (κ3) is 2.17. The lowest BCUT2D eigenvalue weighted by Crippen LogP contribution is -1.74. The fraction of sp³-hybridized carbons (Fsp3) is 0. The first kappa shape index (κ1) is 8.90. The second-order valence-electron chi connectivity index (χ2n) is 2.80. The van der Waals surface area contributed by atoms with Gasteiger partial charge in [-0.1, -0.05) is 36.4 Å². The number of rotatable bonds is 2. The number of nitrogens with one attached hydrogen (secondary N) is 2. The molecule has 0 aliphatic heterocycles. The first-order valence-corrected chi connectivity index (χ1v) is 4.63. The molecule has 1 aromatic heterocycles. The van der Waals surface area contributed by atoms with Gasteiger partial charge < -0.3 is 0 Å². The summed E-state index contributed by atoms with van der Waals surface area (Å²) in [5.41, 5.74) is 1.13. The molecule has 4 heteroatoms. The highest BCUT2D eigenvalue weighted by Crippen LogP contribution is 2.03. The average molecular weight is 203 g/mol. The summed E-state index contributed by atoms with van der Waals surface area (Å²) in [4.78, 5) is 4.04. The quantitative estimate of drug-likeness (QED) is 0.737. The Bertz CT molecular complexity index is 481. The van der Waals surface area contributed by atoms with Crippen LogP contribution in [0.3, 0.4) is 0 Å². The number of H-pyrrole nitrogens is 2. The van der Waals surface area contributed by atoms with Crippen molar-refractivity contribution >= 4 is 24.4 Å². The molecule has 0 radical (unpaired) electrons. The third-order valence-corrected chi connectivity index (χ3v) is 1.95. The van der Waals surface area contributed by atoms with E-state index >= 15 is 0 Å². The van der Waals surface area contributed by atoms with Crippen molar-refractivity contribution in [3.8, 4) is 0 Å². The molecule has 0 bridgehead atoms. The molecule has 2 rings (SSSR count). The Balaban J connectivity index is 2.19. The van der Waals surface area contributed by atoms with E-state index in [1.165, 1.54) is 0 Å². The normalized spacial score (nSPS) is 10.9. The monoisotopic (exact) mass is 203 g/mol. The lowest BCUT2D eigenvalue weighted by molar-refractivity contribution is 1.07. The minimum atomic E-state index is 0.470. The Kier molecular flexibility index (Phi) is 2.55. The highest BCUT2D eigenvalue weighted by Gasteiger charge is 1.89. The molecule has 2 aromatic rings. The second-order valence-corrected chi connectivity index (χ2v) is 3.18. The SMILES string of the molecule is S=c1nc(/C=C/c2ccccc2)[nH][nH]1. The van der Waals surface area contributed by atoms with E-state index in [0.717, 1.165) is 11.4 Å². The van der Waals surface area contributed by atoms with E-state index in [2.05, 4.69) is 15.2 Å². The number of aromatic amines is 2. The van der Waals surface area contributed by atoms with E-state index in [-0.39, 0.29) is 0 Å². The lowest BCUT2D eigenvalue weighted by Gasteiger charge is -1.89. The minimum absolute atomic E-state index is 0.470. The van der Waals surface area contributed by atoms with Crippen LogP contribution in [-0.4, -0.2) is 15.2 Å². The molecule has 0 saturated heterocycles. The first-order valence-electron chi connectivity index (χ1n) is 4.22. The molecular weight excluding hydrogens is 194 g/mol. The predicted molar refractivity (Wildman–Crippen MR) is 59.1 cm³/mol. The molecule has 2 N–H and O–H groups in total. The van der Waals surface area contributed by atoms with Gasteiger partial charge in [-0.25, -0.2) is 4.98 Å². The summed E-state index contributed by atoms with van der Waals surface area (Å²) in [5, 5.41) is 5.58. The van der Waals surface area contributed by atoms with Crippen molar-refractivity contribution in [2.75, 3.05) is 0 Å². The van der Waals surface area contributed by atoms with Crippen LogP contribution >= 0.6 is 12.2 Å². The Morgan fingerprint density at radius 2 is 1.86 bits per heavy atom. The summed E-state index contributed by atoms with van der Waals surface area (Å²) < 4.78 is 0.470. The van der Waals surface area contributed by atoms with Crippen LogP contribution in [-0.2, 0) is 0 Å². The molecule has 0 aliphatic carbocycles. The summed E-state index contributed by atoms with van der Waals surface area (Å²) in [7, 11) is 0.